The molecule has 8 heteroatoms. The Morgan fingerprint density at radius 1 is 1.14 bits per heavy atom. The molecule has 1 saturated heterocycles. The number of ether oxygens (including phenoxy) is 1. The van der Waals surface area contributed by atoms with Gasteiger partial charge in [0.1, 0.15) is 0 Å². The predicted octanol–water partition coefficient (Wildman–Crippen LogP) is 2.88. The molecular formula is C21H24N4O3S. The standard InChI is InChI=1S/C21H24N4O3S/c26-19(7-8-20-23-21(24-28-20)18-6-3-13-29-18)22-14-16-4-1-2-5-17(16)15-25-9-11-27-12-10-25/h1-6,13H,7-12,14-15H2,(H,22,26). The highest BCUT2D eigenvalue weighted by Gasteiger charge is 2.14. The quantitative estimate of drug-likeness (QED) is 0.613. The summed E-state index contributed by atoms with van der Waals surface area (Å²) in [5.41, 5.74) is 2.39. The van der Waals surface area contributed by atoms with Gasteiger partial charge >= 0.3 is 0 Å². The number of carbonyl (C=O) groups excluding carboxylic acids is 1. The second kappa shape index (κ2) is 9.78. The van der Waals surface area contributed by atoms with Crippen molar-refractivity contribution in [2.45, 2.75) is 25.9 Å². The summed E-state index contributed by atoms with van der Waals surface area (Å²) in [6.07, 6.45) is 0.747. The maximum absolute atomic E-state index is 12.3. The molecule has 29 heavy (non-hydrogen) atoms. The van der Waals surface area contributed by atoms with Crippen molar-refractivity contribution in [3.63, 3.8) is 0 Å². The summed E-state index contributed by atoms with van der Waals surface area (Å²) >= 11 is 1.56. The zero-order valence-electron chi connectivity index (χ0n) is 16.2. The maximum Gasteiger partial charge on any atom is 0.227 e. The molecule has 4 rings (SSSR count). The van der Waals surface area contributed by atoms with Gasteiger partial charge in [0.15, 0.2) is 0 Å². The topological polar surface area (TPSA) is 80.5 Å². The van der Waals surface area contributed by atoms with E-state index < -0.39 is 0 Å². The van der Waals surface area contributed by atoms with Crippen molar-refractivity contribution in [2.24, 2.45) is 0 Å². The van der Waals surface area contributed by atoms with Crippen LogP contribution in [0.2, 0.25) is 0 Å². The first-order valence-corrected chi connectivity index (χ1v) is 10.7. The Bertz CT molecular complexity index is 920. The number of thiophene rings is 1. The Balaban J connectivity index is 1.26. The van der Waals surface area contributed by atoms with Crippen molar-refractivity contribution in [3.05, 3.63) is 58.8 Å². The molecule has 0 radical (unpaired) electrons. The van der Waals surface area contributed by atoms with E-state index in [1.165, 1.54) is 5.56 Å². The first-order chi connectivity index (χ1) is 14.3. The van der Waals surface area contributed by atoms with Gasteiger partial charge in [0.2, 0.25) is 17.6 Å². The number of morpholine rings is 1. The summed E-state index contributed by atoms with van der Waals surface area (Å²) < 4.78 is 10.7. The van der Waals surface area contributed by atoms with Crippen LogP contribution in [0.4, 0.5) is 0 Å². The number of nitrogens with zero attached hydrogens (tertiary/aromatic N) is 3. The number of aryl methyl sites for hydroxylation is 1. The average molecular weight is 413 g/mol. The molecule has 1 fully saturated rings. The highest BCUT2D eigenvalue weighted by molar-refractivity contribution is 7.13. The minimum atomic E-state index is -0.0259. The van der Waals surface area contributed by atoms with E-state index in [0.29, 0.717) is 31.1 Å². The number of hydrogen-bond acceptors (Lipinski definition) is 7. The van der Waals surface area contributed by atoms with Crippen molar-refractivity contribution in [1.29, 1.82) is 0 Å². The Morgan fingerprint density at radius 3 is 2.76 bits per heavy atom. The lowest BCUT2D eigenvalue weighted by atomic mass is 10.1. The molecule has 0 unspecified atom stereocenters. The second-order valence-corrected chi connectivity index (χ2v) is 7.87. The van der Waals surface area contributed by atoms with Gasteiger partial charge in [-0.25, -0.2) is 0 Å². The molecule has 0 aliphatic carbocycles. The fraction of sp³-hybridized carbons (Fsp3) is 0.381. The molecule has 1 aliphatic heterocycles. The van der Waals surface area contributed by atoms with Crippen LogP contribution in [0.15, 0.2) is 46.3 Å². The summed E-state index contributed by atoms with van der Waals surface area (Å²) in [5, 5.41) is 8.96. The van der Waals surface area contributed by atoms with Crippen LogP contribution in [-0.4, -0.2) is 47.3 Å². The van der Waals surface area contributed by atoms with Gasteiger partial charge in [-0.05, 0) is 22.6 Å². The lowest BCUT2D eigenvalue weighted by Gasteiger charge is -2.27. The monoisotopic (exact) mass is 412 g/mol. The normalized spacial score (nSPS) is 14.8. The molecule has 0 bridgehead atoms. The van der Waals surface area contributed by atoms with Crippen LogP contribution in [0.25, 0.3) is 10.7 Å². The lowest BCUT2D eigenvalue weighted by molar-refractivity contribution is -0.121. The zero-order valence-corrected chi connectivity index (χ0v) is 17.0. The van der Waals surface area contributed by atoms with Crippen molar-refractivity contribution >= 4 is 17.2 Å². The summed E-state index contributed by atoms with van der Waals surface area (Å²) in [6.45, 7) is 4.84. The Kier molecular flexibility index (Phi) is 6.66. The van der Waals surface area contributed by atoms with Crippen molar-refractivity contribution in [1.82, 2.24) is 20.4 Å². The summed E-state index contributed by atoms with van der Waals surface area (Å²) in [6, 6.07) is 12.1. The van der Waals surface area contributed by atoms with Crippen molar-refractivity contribution in [2.75, 3.05) is 26.3 Å². The molecule has 1 N–H and O–H groups in total. The largest absolute Gasteiger partial charge is 0.379 e. The number of aromatic nitrogens is 2. The van der Waals surface area contributed by atoms with Gasteiger partial charge in [0, 0.05) is 39.0 Å². The third-order valence-electron chi connectivity index (χ3n) is 4.87. The molecule has 152 valence electrons. The molecule has 3 heterocycles. The minimum Gasteiger partial charge on any atom is -0.379 e. The smallest absolute Gasteiger partial charge is 0.227 e. The van der Waals surface area contributed by atoms with E-state index in [1.54, 1.807) is 11.3 Å². The molecule has 1 aliphatic rings. The summed E-state index contributed by atoms with van der Waals surface area (Å²) in [4.78, 5) is 20.0. The SMILES string of the molecule is O=C(CCc1nc(-c2cccs2)no1)NCc1ccccc1CN1CCOCC1. The van der Waals surface area contributed by atoms with Gasteiger partial charge in [-0.2, -0.15) is 4.98 Å². The fourth-order valence-corrected chi connectivity index (χ4v) is 3.90. The first-order valence-electron chi connectivity index (χ1n) is 9.78. The number of rotatable bonds is 8. The van der Waals surface area contributed by atoms with Gasteiger partial charge in [-0.3, -0.25) is 9.69 Å². The van der Waals surface area contributed by atoms with Gasteiger partial charge < -0.3 is 14.6 Å². The summed E-state index contributed by atoms with van der Waals surface area (Å²) in [5.74, 6) is 1.03. The van der Waals surface area contributed by atoms with E-state index in [1.807, 2.05) is 29.6 Å². The predicted molar refractivity (Wildman–Crippen MR) is 110 cm³/mol. The van der Waals surface area contributed by atoms with E-state index in [-0.39, 0.29) is 5.91 Å². The zero-order chi connectivity index (χ0) is 19.9. The molecule has 2 aromatic heterocycles. The minimum absolute atomic E-state index is 0.0259. The van der Waals surface area contributed by atoms with Crippen LogP contribution < -0.4 is 5.32 Å². The first kappa shape index (κ1) is 19.8. The van der Waals surface area contributed by atoms with Gasteiger partial charge in [-0.1, -0.05) is 35.5 Å². The van der Waals surface area contributed by atoms with Crippen LogP contribution in [-0.2, 0) is 29.0 Å². The van der Waals surface area contributed by atoms with Crippen molar-refractivity contribution in [3.8, 4) is 10.7 Å². The Labute approximate surface area is 173 Å². The molecule has 0 atom stereocenters. The Morgan fingerprint density at radius 2 is 1.97 bits per heavy atom. The third kappa shape index (κ3) is 5.50. The van der Waals surface area contributed by atoms with E-state index >= 15 is 0 Å². The molecule has 1 amide bonds. The van der Waals surface area contributed by atoms with E-state index in [9.17, 15) is 4.79 Å². The molecule has 7 nitrogen and oxygen atoms in total. The van der Waals surface area contributed by atoms with E-state index in [0.717, 1.165) is 43.3 Å². The van der Waals surface area contributed by atoms with Crippen LogP contribution >= 0.6 is 11.3 Å². The number of carbonyl (C=O) groups is 1. The highest BCUT2D eigenvalue weighted by Crippen LogP contribution is 2.21. The van der Waals surface area contributed by atoms with Crippen LogP contribution in [0, 0.1) is 0 Å². The number of amides is 1. The van der Waals surface area contributed by atoms with Gasteiger partial charge in [-0.15, -0.1) is 11.3 Å². The van der Waals surface area contributed by atoms with Crippen LogP contribution in [0.3, 0.4) is 0 Å². The van der Waals surface area contributed by atoms with Crippen molar-refractivity contribution < 1.29 is 14.1 Å². The third-order valence-corrected chi connectivity index (χ3v) is 5.73. The number of nitrogens with one attached hydrogen (secondary N) is 1. The molecular weight excluding hydrogens is 388 g/mol. The van der Waals surface area contributed by atoms with E-state index in [2.05, 4.69) is 32.5 Å². The highest BCUT2D eigenvalue weighted by atomic mass is 32.1. The lowest BCUT2D eigenvalue weighted by Crippen LogP contribution is -2.36. The maximum atomic E-state index is 12.3. The van der Waals surface area contributed by atoms with Gasteiger partial charge in [0.25, 0.3) is 0 Å². The van der Waals surface area contributed by atoms with Crippen LogP contribution in [0.1, 0.15) is 23.4 Å². The molecule has 0 saturated carbocycles. The van der Waals surface area contributed by atoms with E-state index in [4.69, 9.17) is 9.26 Å². The molecule has 3 aromatic rings. The second-order valence-electron chi connectivity index (χ2n) is 6.92. The average Bonchev–Trinajstić information content (AvgIpc) is 3.44. The van der Waals surface area contributed by atoms with Gasteiger partial charge in [0.05, 0.1) is 18.1 Å². The van der Waals surface area contributed by atoms with Crippen LogP contribution in [0.5, 0.6) is 0 Å². The summed E-state index contributed by atoms with van der Waals surface area (Å²) in [7, 11) is 0. The molecule has 1 aromatic carbocycles. The fourth-order valence-electron chi connectivity index (χ4n) is 3.25. The number of benzene rings is 1. The molecule has 0 spiro atoms. The number of hydrogen-bond donors (Lipinski definition) is 1. The Hall–Kier alpha value is -2.55.